The number of hydrogen-bond donors (Lipinski definition) is 3. The third kappa shape index (κ3) is 4.78. The van der Waals surface area contributed by atoms with Crippen LogP contribution in [0.1, 0.15) is 56.6 Å². The standard InChI is InChI=1S/C24H33N7O4/c1-14-8-17(30(14)20(34)12-32)6-7-19-21(15(2)33)23(25-5)31-22(28-19)18(10-27-31)16-9-26-29(11-16)13-24(3,4)35/h9-11,14,17,25,32,35H,6-8,12-13H2,1-5H3/t14-,17+/m0/s1. The number of hydrogen-bond acceptors (Lipinski definition) is 8. The number of aliphatic hydroxyl groups is 2. The van der Waals surface area contributed by atoms with E-state index >= 15 is 0 Å². The lowest BCUT2D eigenvalue weighted by Crippen LogP contribution is -2.58. The van der Waals surface area contributed by atoms with Gasteiger partial charge in [-0.25, -0.2) is 4.98 Å². The Kier molecular flexibility index (Phi) is 6.65. The Balaban J connectivity index is 1.71. The number of nitrogens with one attached hydrogen (secondary N) is 1. The molecule has 0 aromatic carbocycles. The lowest BCUT2D eigenvalue weighted by molar-refractivity contribution is -0.147. The number of aliphatic hydroxyl groups excluding tert-OH is 1. The predicted molar refractivity (Wildman–Crippen MR) is 130 cm³/mol. The first-order valence-electron chi connectivity index (χ1n) is 11.8. The largest absolute Gasteiger partial charge is 0.389 e. The third-order valence-corrected chi connectivity index (χ3v) is 6.42. The number of likely N-dealkylation sites (tertiary alicyclic amines) is 1. The van der Waals surface area contributed by atoms with Gasteiger partial charge in [0.15, 0.2) is 11.4 Å². The van der Waals surface area contributed by atoms with Gasteiger partial charge in [-0.1, -0.05) is 0 Å². The zero-order valence-electron chi connectivity index (χ0n) is 20.8. The normalized spacial score (nSPS) is 18.1. The number of nitrogens with zero attached hydrogens (tertiary/aromatic N) is 6. The lowest BCUT2D eigenvalue weighted by atomic mass is 9.89. The van der Waals surface area contributed by atoms with Crippen LogP contribution in [0.4, 0.5) is 5.82 Å². The van der Waals surface area contributed by atoms with E-state index in [1.165, 1.54) is 6.92 Å². The summed E-state index contributed by atoms with van der Waals surface area (Å²) < 4.78 is 3.29. The van der Waals surface area contributed by atoms with Crippen LogP contribution in [-0.2, 0) is 17.8 Å². The molecule has 1 fully saturated rings. The van der Waals surface area contributed by atoms with Crippen molar-refractivity contribution in [2.45, 2.75) is 71.2 Å². The Morgan fingerprint density at radius 2 is 2.00 bits per heavy atom. The molecule has 3 aromatic rings. The van der Waals surface area contributed by atoms with Crippen molar-refractivity contribution in [2.24, 2.45) is 0 Å². The second kappa shape index (κ2) is 9.38. The number of carbonyl (C=O) groups excluding carboxylic acids is 2. The number of rotatable bonds is 9. The number of carbonyl (C=O) groups is 2. The molecule has 4 heterocycles. The van der Waals surface area contributed by atoms with Crippen LogP contribution in [0.2, 0.25) is 0 Å². The molecule has 4 rings (SSSR count). The van der Waals surface area contributed by atoms with E-state index < -0.39 is 12.2 Å². The van der Waals surface area contributed by atoms with Gasteiger partial charge in [0.05, 0.1) is 35.8 Å². The van der Waals surface area contributed by atoms with Gasteiger partial charge in [0.1, 0.15) is 12.4 Å². The van der Waals surface area contributed by atoms with Crippen LogP contribution in [0.5, 0.6) is 0 Å². The summed E-state index contributed by atoms with van der Waals surface area (Å²) in [4.78, 5) is 31.3. The van der Waals surface area contributed by atoms with E-state index in [4.69, 9.17) is 4.98 Å². The molecule has 1 aliphatic rings. The number of aromatic nitrogens is 5. The number of amides is 1. The van der Waals surface area contributed by atoms with E-state index in [2.05, 4.69) is 15.5 Å². The fraction of sp³-hybridized carbons (Fsp3) is 0.542. The van der Waals surface area contributed by atoms with Gasteiger partial charge in [-0.3, -0.25) is 14.3 Å². The van der Waals surface area contributed by atoms with Crippen molar-refractivity contribution in [1.82, 2.24) is 29.3 Å². The zero-order chi connectivity index (χ0) is 25.5. The summed E-state index contributed by atoms with van der Waals surface area (Å²) in [6.45, 7) is 6.74. The number of Topliss-reactive ketones (excluding diaryl/α,β-unsaturated/α-hetero) is 1. The molecular weight excluding hydrogens is 450 g/mol. The summed E-state index contributed by atoms with van der Waals surface area (Å²) in [6, 6.07) is 0.0991. The second-order valence-electron chi connectivity index (χ2n) is 9.86. The highest BCUT2D eigenvalue weighted by atomic mass is 16.3. The number of aryl methyl sites for hydroxylation is 1. The van der Waals surface area contributed by atoms with Crippen molar-refractivity contribution < 1.29 is 19.8 Å². The molecular formula is C24H33N7O4. The third-order valence-electron chi connectivity index (χ3n) is 6.42. The Hall–Kier alpha value is -3.31. The molecule has 3 N–H and O–H groups in total. The Morgan fingerprint density at radius 3 is 2.60 bits per heavy atom. The van der Waals surface area contributed by atoms with Gasteiger partial charge in [0, 0.05) is 36.5 Å². The molecule has 3 aromatic heterocycles. The maximum atomic E-state index is 12.6. The number of anilines is 1. The molecule has 0 radical (unpaired) electrons. The molecule has 188 valence electrons. The highest BCUT2D eigenvalue weighted by molar-refractivity contribution is 6.00. The van der Waals surface area contributed by atoms with Crippen molar-refractivity contribution in [3.8, 4) is 11.1 Å². The smallest absolute Gasteiger partial charge is 0.248 e. The molecule has 11 heteroatoms. The molecule has 0 aliphatic carbocycles. The van der Waals surface area contributed by atoms with E-state index in [1.807, 2.05) is 13.1 Å². The highest BCUT2D eigenvalue weighted by Gasteiger charge is 2.38. The topological polar surface area (TPSA) is 138 Å². The van der Waals surface area contributed by atoms with E-state index in [-0.39, 0.29) is 23.8 Å². The Bertz CT molecular complexity index is 1260. The van der Waals surface area contributed by atoms with Gasteiger partial charge in [0.25, 0.3) is 0 Å². The fourth-order valence-corrected chi connectivity index (χ4v) is 4.94. The molecule has 1 aliphatic heterocycles. The summed E-state index contributed by atoms with van der Waals surface area (Å²) in [6.07, 6.45) is 7.21. The molecule has 1 saturated heterocycles. The molecule has 0 saturated carbocycles. The molecule has 11 nitrogen and oxygen atoms in total. The minimum atomic E-state index is -0.907. The maximum absolute atomic E-state index is 12.6. The highest BCUT2D eigenvalue weighted by Crippen LogP contribution is 2.32. The van der Waals surface area contributed by atoms with E-state index in [9.17, 15) is 19.8 Å². The first-order valence-corrected chi connectivity index (χ1v) is 11.8. The van der Waals surface area contributed by atoms with Crippen LogP contribution in [0.3, 0.4) is 0 Å². The SMILES string of the molecule is CNc1c(C(C)=O)c(CC[C@@H]2C[C@H](C)N2C(=O)CO)nc2c(-c3cnn(CC(C)(C)O)c3)cnn12. The van der Waals surface area contributed by atoms with Gasteiger partial charge >= 0.3 is 0 Å². The molecule has 0 spiro atoms. The number of ketones is 1. The average Bonchev–Trinajstić information content (AvgIpc) is 3.40. The summed E-state index contributed by atoms with van der Waals surface area (Å²) in [5.41, 5.74) is 2.34. The van der Waals surface area contributed by atoms with Gasteiger partial charge < -0.3 is 20.4 Å². The quantitative estimate of drug-likeness (QED) is 0.390. The number of fused-ring (bicyclic) bond motifs is 1. The van der Waals surface area contributed by atoms with Crippen molar-refractivity contribution in [2.75, 3.05) is 19.0 Å². The van der Waals surface area contributed by atoms with E-state index in [0.717, 1.165) is 17.5 Å². The zero-order valence-corrected chi connectivity index (χ0v) is 20.8. The second-order valence-corrected chi connectivity index (χ2v) is 9.86. The van der Waals surface area contributed by atoms with Crippen LogP contribution in [-0.4, -0.2) is 82.5 Å². The molecule has 2 atom stereocenters. The summed E-state index contributed by atoms with van der Waals surface area (Å²) in [7, 11) is 1.74. The van der Waals surface area contributed by atoms with Crippen LogP contribution in [0, 0.1) is 0 Å². The monoisotopic (exact) mass is 483 g/mol. The van der Waals surface area contributed by atoms with Crippen LogP contribution >= 0.6 is 0 Å². The van der Waals surface area contributed by atoms with E-state index in [0.29, 0.717) is 42.1 Å². The van der Waals surface area contributed by atoms with Crippen LogP contribution in [0.15, 0.2) is 18.6 Å². The van der Waals surface area contributed by atoms with Crippen LogP contribution < -0.4 is 5.32 Å². The van der Waals surface area contributed by atoms with Crippen molar-refractivity contribution in [3.63, 3.8) is 0 Å². The van der Waals surface area contributed by atoms with Gasteiger partial charge in [-0.05, 0) is 47.0 Å². The van der Waals surface area contributed by atoms with E-state index in [1.54, 1.807) is 47.4 Å². The minimum Gasteiger partial charge on any atom is -0.389 e. The average molecular weight is 484 g/mol. The van der Waals surface area contributed by atoms with Gasteiger partial charge in [0.2, 0.25) is 5.91 Å². The summed E-state index contributed by atoms with van der Waals surface area (Å²) in [5.74, 6) is 0.151. The van der Waals surface area contributed by atoms with Crippen LogP contribution in [0.25, 0.3) is 16.8 Å². The minimum absolute atomic E-state index is 0.00460. The molecule has 1 amide bonds. The van der Waals surface area contributed by atoms with Crippen molar-refractivity contribution in [1.29, 1.82) is 0 Å². The Labute approximate surface area is 203 Å². The fourth-order valence-electron chi connectivity index (χ4n) is 4.94. The lowest BCUT2D eigenvalue weighted by Gasteiger charge is -2.47. The maximum Gasteiger partial charge on any atom is 0.248 e. The van der Waals surface area contributed by atoms with Gasteiger partial charge in [-0.2, -0.15) is 14.7 Å². The van der Waals surface area contributed by atoms with Crippen molar-refractivity contribution in [3.05, 3.63) is 29.8 Å². The first kappa shape index (κ1) is 24.8. The van der Waals surface area contributed by atoms with Gasteiger partial charge in [-0.15, -0.1) is 0 Å². The summed E-state index contributed by atoms with van der Waals surface area (Å²) in [5, 5.41) is 31.4. The predicted octanol–water partition coefficient (Wildman–Crippen LogP) is 1.52. The first-order chi connectivity index (χ1) is 16.5. The van der Waals surface area contributed by atoms with Crippen molar-refractivity contribution >= 4 is 23.2 Å². The Morgan fingerprint density at radius 1 is 1.26 bits per heavy atom. The molecule has 0 unspecified atom stereocenters. The molecule has 35 heavy (non-hydrogen) atoms. The molecule has 0 bridgehead atoms. The summed E-state index contributed by atoms with van der Waals surface area (Å²) >= 11 is 0.